The number of para-hydroxylation sites is 1. The van der Waals surface area contributed by atoms with Gasteiger partial charge in [-0.3, -0.25) is 0 Å². The van der Waals surface area contributed by atoms with Crippen LogP contribution < -0.4 is 5.32 Å². The van der Waals surface area contributed by atoms with Crippen LogP contribution in [0.2, 0.25) is 0 Å². The second kappa shape index (κ2) is 6.08. The SMILES string of the molecule is ClC1N=C(c2ccc3oc4ccccc4c3c2)c2sc3cc(Br)ccc3c2N1. The maximum absolute atomic E-state index is 6.45. The molecule has 1 N–H and O–H groups in total. The Balaban J connectivity index is 1.60. The van der Waals surface area contributed by atoms with E-state index in [-0.39, 0.29) is 0 Å². The lowest BCUT2D eigenvalue weighted by Crippen LogP contribution is -2.20. The molecule has 6 rings (SSSR count). The van der Waals surface area contributed by atoms with Crippen molar-refractivity contribution in [3.05, 3.63) is 75.6 Å². The fourth-order valence-electron chi connectivity index (χ4n) is 3.78. The first kappa shape index (κ1) is 16.6. The van der Waals surface area contributed by atoms with Crippen molar-refractivity contribution in [2.45, 2.75) is 5.62 Å². The van der Waals surface area contributed by atoms with Crippen molar-refractivity contribution in [2.24, 2.45) is 4.99 Å². The number of benzene rings is 3. The standard InChI is InChI=1S/C22H12BrClN2OS/c23-12-6-7-14-18(10-12)28-21-19(25-22(24)26-20(14)21)11-5-8-17-15(9-11)13-3-1-2-4-16(13)27-17/h1-10,22,26H. The number of hydrogen-bond donors (Lipinski definition) is 1. The van der Waals surface area contributed by atoms with E-state index in [1.165, 1.54) is 4.70 Å². The molecule has 0 bridgehead atoms. The fraction of sp³-hybridized carbons (Fsp3) is 0.0455. The topological polar surface area (TPSA) is 37.5 Å². The minimum Gasteiger partial charge on any atom is -0.456 e. The highest BCUT2D eigenvalue weighted by molar-refractivity contribution is 9.10. The van der Waals surface area contributed by atoms with Gasteiger partial charge in [-0.25, -0.2) is 4.99 Å². The third-order valence-corrected chi connectivity index (χ3v) is 6.88. The van der Waals surface area contributed by atoms with Crippen LogP contribution in [0.1, 0.15) is 10.4 Å². The van der Waals surface area contributed by atoms with Gasteiger partial charge < -0.3 is 9.73 Å². The highest BCUT2D eigenvalue weighted by Crippen LogP contribution is 2.42. The summed E-state index contributed by atoms with van der Waals surface area (Å²) in [6.45, 7) is 0. The average molecular weight is 468 g/mol. The number of anilines is 1. The number of nitrogens with zero attached hydrogens (tertiary/aromatic N) is 1. The number of furan rings is 1. The molecule has 3 aromatic carbocycles. The maximum Gasteiger partial charge on any atom is 0.196 e. The molecule has 6 heteroatoms. The van der Waals surface area contributed by atoms with Crippen LogP contribution in [0.3, 0.4) is 0 Å². The third-order valence-electron chi connectivity index (χ3n) is 5.02. The molecular weight excluding hydrogens is 456 g/mol. The molecule has 1 aliphatic heterocycles. The summed E-state index contributed by atoms with van der Waals surface area (Å²) in [6, 6.07) is 20.6. The zero-order valence-electron chi connectivity index (χ0n) is 14.4. The summed E-state index contributed by atoms with van der Waals surface area (Å²) in [5, 5.41) is 6.68. The number of rotatable bonds is 1. The molecule has 0 spiro atoms. The van der Waals surface area contributed by atoms with Gasteiger partial charge in [0.15, 0.2) is 5.62 Å². The predicted octanol–water partition coefficient (Wildman–Crippen LogP) is 7.35. The van der Waals surface area contributed by atoms with Crippen LogP contribution in [0.15, 0.2) is 74.5 Å². The minimum atomic E-state index is -0.499. The van der Waals surface area contributed by atoms with E-state index in [2.05, 4.69) is 57.6 Å². The average Bonchev–Trinajstić information content (AvgIpc) is 3.24. The smallest absolute Gasteiger partial charge is 0.196 e. The van der Waals surface area contributed by atoms with Crippen LogP contribution in [-0.2, 0) is 0 Å². The summed E-state index contributed by atoms with van der Waals surface area (Å²) in [5.41, 5.74) is 4.28. The van der Waals surface area contributed by atoms with E-state index in [1.807, 2.05) is 24.3 Å². The maximum atomic E-state index is 6.45. The summed E-state index contributed by atoms with van der Waals surface area (Å²) in [7, 11) is 0. The van der Waals surface area contributed by atoms with Crippen LogP contribution in [-0.4, -0.2) is 11.3 Å². The zero-order chi connectivity index (χ0) is 18.8. The summed E-state index contributed by atoms with van der Waals surface area (Å²) < 4.78 is 8.22. The molecule has 5 aromatic rings. The second-order valence-electron chi connectivity index (χ2n) is 6.71. The van der Waals surface area contributed by atoms with Crippen molar-refractivity contribution in [1.29, 1.82) is 0 Å². The lowest BCUT2D eigenvalue weighted by molar-refractivity contribution is 0.669. The highest BCUT2D eigenvalue weighted by atomic mass is 79.9. The molecule has 0 radical (unpaired) electrons. The van der Waals surface area contributed by atoms with Crippen molar-refractivity contribution in [3.63, 3.8) is 0 Å². The first-order valence-corrected chi connectivity index (χ1v) is 10.8. The van der Waals surface area contributed by atoms with Crippen LogP contribution in [0.25, 0.3) is 32.0 Å². The van der Waals surface area contributed by atoms with E-state index < -0.39 is 5.62 Å². The van der Waals surface area contributed by atoms with Crippen LogP contribution in [0, 0.1) is 0 Å². The monoisotopic (exact) mass is 466 g/mol. The molecular formula is C22H12BrClN2OS. The lowest BCUT2D eigenvalue weighted by atomic mass is 10.0. The van der Waals surface area contributed by atoms with E-state index in [9.17, 15) is 0 Å². The lowest BCUT2D eigenvalue weighted by Gasteiger charge is -2.19. The van der Waals surface area contributed by atoms with Crippen LogP contribution in [0.5, 0.6) is 0 Å². The normalized spacial score (nSPS) is 16.4. The van der Waals surface area contributed by atoms with E-state index in [1.54, 1.807) is 11.3 Å². The van der Waals surface area contributed by atoms with Gasteiger partial charge in [0.1, 0.15) is 11.2 Å². The number of halogens is 2. The molecule has 0 saturated heterocycles. The van der Waals surface area contributed by atoms with Gasteiger partial charge in [0.25, 0.3) is 0 Å². The van der Waals surface area contributed by atoms with Gasteiger partial charge in [-0.2, -0.15) is 0 Å². The quantitative estimate of drug-likeness (QED) is 0.207. The van der Waals surface area contributed by atoms with E-state index in [4.69, 9.17) is 21.0 Å². The molecule has 0 amide bonds. The van der Waals surface area contributed by atoms with Crippen LogP contribution in [0.4, 0.5) is 5.69 Å². The summed E-state index contributed by atoms with van der Waals surface area (Å²) in [4.78, 5) is 5.83. The van der Waals surface area contributed by atoms with E-state index in [0.717, 1.165) is 53.6 Å². The molecule has 3 heterocycles. The number of nitrogens with one attached hydrogen (secondary N) is 1. The summed E-state index contributed by atoms with van der Waals surface area (Å²) in [6.07, 6.45) is 0. The van der Waals surface area contributed by atoms with Crippen molar-refractivity contribution in [1.82, 2.24) is 0 Å². The molecule has 136 valence electrons. The van der Waals surface area contributed by atoms with Gasteiger partial charge in [0.05, 0.1) is 16.3 Å². The Morgan fingerprint density at radius 2 is 1.82 bits per heavy atom. The van der Waals surface area contributed by atoms with Crippen molar-refractivity contribution in [3.8, 4) is 0 Å². The van der Waals surface area contributed by atoms with Crippen molar-refractivity contribution < 1.29 is 4.42 Å². The van der Waals surface area contributed by atoms with Gasteiger partial charge >= 0.3 is 0 Å². The van der Waals surface area contributed by atoms with Crippen molar-refractivity contribution >= 4 is 82.3 Å². The third kappa shape index (κ3) is 2.43. The number of thiophene rings is 1. The van der Waals surface area contributed by atoms with Gasteiger partial charge in [-0.15, -0.1) is 11.3 Å². The van der Waals surface area contributed by atoms with Gasteiger partial charge in [0.2, 0.25) is 0 Å². The molecule has 0 saturated carbocycles. The minimum absolute atomic E-state index is 0.499. The largest absolute Gasteiger partial charge is 0.456 e. The second-order valence-corrected chi connectivity index (χ2v) is 9.09. The molecule has 1 atom stereocenters. The molecule has 1 unspecified atom stereocenters. The summed E-state index contributed by atoms with van der Waals surface area (Å²) in [5.74, 6) is 0. The Morgan fingerprint density at radius 3 is 2.75 bits per heavy atom. The fourth-order valence-corrected chi connectivity index (χ4v) is 5.73. The number of alkyl halides is 1. The molecule has 0 aliphatic carbocycles. The highest BCUT2D eigenvalue weighted by Gasteiger charge is 2.25. The molecule has 2 aromatic heterocycles. The van der Waals surface area contributed by atoms with Gasteiger partial charge in [0, 0.05) is 30.9 Å². The Hall–Kier alpha value is -2.34. The van der Waals surface area contributed by atoms with Crippen LogP contribution >= 0.6 is 38.9 Å². The van der Waals surface area contributed by atoms with E-state index in [0.29, 0.717) is 0 Å². The Morgan fingerprint density at radius 1 is 0.964 bits per heavy atom. The first-order chi connectivity index (χ1) is 13.7. The first-order valence-electron chi connectivity index (χ1n) is 8.80. The predicted molar refractivity (Wildman–Crippen MR) is 122 cm³/mol. The van der Waals surface area contributed by atoms with Gasteiger partial charge in [-0.1, -0.05) is 51.8 Å². The zero-order valence-corrected chi connectivity index (χ0v) is 17.5. The summed E-state index contributed by atoms with van der Waals surface area (Å²) >= 11 is 11.7. The van der Waals surface area contributed by atoms with Gasteiger partial charge in [-0.05, 0) is 36.4 Å². The molecule has 3 nitrogen and oxygen atoms in total. The Bertz CT molecular complexity index is 1440. The molecule has 1 aliphatic rings. The number of fused-ring (bicyclic) bond motifs is 6. The molecule has 28 heavy (non-hydrogen) atoms. The van der Waals surface area contributed by atoms with Crippen molar-refractivity contribution in [2.75, 3.05) is 5.32 Å². The number of aliphatic imine (C=N–C) groups is 1. The molecule has 0 fully saturated rings. The Kier molecular flexibility index (Phi) is 3.60. The Labute approximate surface area is 177 Å². The number of hydrogen-bond acceptors (Lipinski definition) is 4. The van der Waals surface area contributed by atoms with E-state index >= 15 is 0 Å².